The van der Waals surface area contributed by atoms with Crippen LogP contribution in [0.5, 0.6) is 0 Å². The van der Waals surface area contributed by atoms with Gasteiger partial charge in [0.1, 0.15) is 0 Å². The lowest BCUT2D eigenvalue weighted by atomic mass is 9.99. The molecule has 116 valence electrons. The van der Waals surface area contributed by atoms with E-state index in [2.05, 4.69) is 5.32 Å². The van der Waals surface area contributed by atoms with Gasteiger partial charge in [0.05, 0.1) is 5.56 Å². The molecule has 0 radical (unpaired) electrons. The summed E-state index contributed by atoms with van der Waals surface area (Å²) in [6.07, 6.45) is 2.09. The molecule has 4 heteroatoms. The Morgan fingerprint density at radius 1 is 1.38 bits per heavy atom. The van der Waals surface area contributed by atoms with Crippen LogP contribution in [0.25, 0.3) is 0 Å². The van der Waals surface area contributed by atoms with E-state index < -0.39 is 0 Å². The first-order chi connectivity index (χ1) is 10.1. The topological polar surface area (TPSA) is 41.6 Å². The summed E-state index contributed by atoms with van der Waals surface area (Å²) >= 11 is 0. The summed E-state index contributed by atoms with van der Waals surface area (Å²) < 4.78 is 5.38. The van der Waals surface area contributed by atoms with E-state index in [9.17, 15) is 4.79 Å². The average molecular weight is 290 g/mol. The first-order valence-corrected chi connectivity index (χ1v) is 7.79. The van der Waals surface area contributed by atoms with Gasteiger partial charge in [-0.3, -0.25) is 4.79 Å². The van der Waals surface area contributed by atoms with Gasteiger partial charge in [0.2, 0.25) is 0 Å². The molecule has 0 saturated carbocycles. The number of hydrogen-bond acceptors (Lipinski definition) is 3. The minimum absolute atomic E-state index is 0.0983. The number of aryl methyl sites for hydroxylation is 1. The summed E-state index contributed by atoms with van der Waals surface area (Å²) in [6, 6.07) is 6.00. The van der Waals surface area contributed by atoms with E-state index in [1.807, 2.05) is 44.0 Å². The molecule has 1 aliphatic rings. The van der Waals surface area contributed by atoms with Gasteiger partial charge in [-0.25, -0.2) is 0 Å². The van der Waals surface area contributed by atoms with Gasteiger partial charge in [0, 0.05) is 39.0 Å². The molecule has 0 aliphatic carbocycles. The number of benzene rings is 1. The highest BCUT2D eigenvalue weighted by atomic mass is 16.5. The molecule has 21 heavy (non-hydrogen) atoms. The number of carbonyl (C=O) groups excluding carboxylic acids is 1. The van der Waals surface area contributed by atoms with Crippen LogP contribution in [-0.2, 0) is 4.74 Å². The lowest BCUT2D eigenvalue weighted by Gasteiger charge is -2.27. The monoisotopic (exact) mass is 290 g/mol. The van der Waals surface area contributed by atoms with Crippen molar-refractivity contribution < 1.29 is 9.53 Å². The summed E-state index contributed by atoms with van der Waals surface area (Å²) in [5.41, 5.74) is 2.80. The van der Waals surface area contributed by atoms with E-state index in [1.54, 1.807) is 0 Å². The Morgan fingerprint density at radius 3 is 2.76 bits per heavy atom. The van der Waals surface area contributed by atoms with Crippen LogP contribution in [0, 0.1) is 12.8 Å². The highest BCUT2D eigenvalue weighted by molar-refractivity contribution is 5.99. The Kier molecular flexibility index (Phi) is 5.62. The van der Waals surface area contributed by atoms with Gasteiger partial charge in [0.15, 0.2) is 0 Å². The van der Waals surface area contributed by atoms with Crippen LogP contribution in [0.4, 0.5) is 5.69 Å². The molecular weight excluding hydrogens is 264 g/mol. The lowest BCUT2D eigenvalue weighted by molar-refractivity contribution is 0.0497. The van der Waals surface area contributed by atoms with Crippen LogP contribution in [0.2, 0.25) is 0 Å². The Balaban J connectivity index is 2.08. The normalized spacial score (nSPS) is 15.8. The molecule has 1 fully saturated rings. The predicted molar refractivity (Wildman–Crippen MR) is 85.8 cm³/mol. The van der Waals surface area contributed by atoms with Crippen molar-refractivity contribution in [1.82, 2.24) is 4.90 Å². The summed E-state index contributed by atoms with van der Waals surface area (Å²) in [7, 11) is 1.90. The van der Waals surface area contributed by atoms with E-state index >= 15 is 0 Å². The standard InChI is InChI=1S/C17H26N2O2/c1-4-18-16-6-5-13(2)11-15(16)17(20)19(3)12-14-7-9-21-10-8-14/h5-6,11,14,18H,4,7-10,12H2,1-3H3. The first kappa shape index (κ1) is 15.8. The molecule has 1 aromatic rings. The van der Waals surface area contributed by atoms with Crippen LogP contribution in [-0.4, -0.2) is 44.2 Å². The van der Waals surface area contributed by atoms with Crippen molar-refractivity contribution in [1.29, 1.82) is 0 Å². The number of anilines is 1. The fourth-order valence-electron chi connectivity index (χ4n) is 2.78. The fraction of sp³-hybridized carbons (Fsp3) is 0.588. The molecule has 0 unspecified atom stereocenters. The Bertz CT molecular complexity index is 482. The number of nitrogens with one attached hydrogen (secondary N) is 1. The fourth-order valence-corrected chi connectivity index (χ4v) is 2.78. The second-order valence-corrected chi connectivity index (χ2v) is 5.82. The van der Waals surface area contributed by atoms with Gasteiger partial charge in [-0.05, 0) is 44.7 Å². The van der Waals surface area contributed by atoms with Crippen LogP contribution >= 0.6 is 0 Å². The zero-order valence-electron chi connectivity index (χ0n) is 13.3. The summed E-state index contributed by atoms with van der Waals surface area (Å²) in [4.78, 5) is 14.6. The third-order valence-electron chi connectivity index (χ3n) is 3.99. The van der Waals surface area contributed by atoms with Crippen LogP contribution in [0.15, 0.2) is 18.2 Å². The quantitative estimate of drug-likeness (QED) is 0.906. The van der Waals surface area contributed by atoms with E-state index in [-0.39, 0.29) is 5.91 Å². The van der Waals surface area contributed by atoms with Crippen molar-refractivity contribution in [3.8, 4) is 0 Å². The maximum Gasteiger partial charge on any atom is 0.255 e. The molecule has 1 aromatic carbocycles. The van der Waals surface area contributed by atoms with Crippen LogP contribution in [0.3, 0.4) is 0 Å². The zero-order valence-corrected chi connectivity index (χ0v) is 13.3. The second kappa shape index (κ2) is 7.46. The van der Waals surface area contributed by atoms with Crippen molar-refractivity contribution in [3.63, 3.8) is 0 Å². The average Bonchev–Trinajstić information content (AvgIpc) is 2.49. The van der Waals surface area contributed by atoms with Crippen LogP contribution < -0.4 is 5.32 Å². The lowest BCUT2D eigenvalue weighted by Crippen LogP contribution is -2.34. The summed E-state index contributed by atoms with van der Waals surface area (Å²) in [5, 5.41) is 3.28. The van der Waals surface area contributed by atoms with Crippen molar-refractivity contribution in [3.05, 3.63) is 29.3 Å². The Hall–Kier alpha value is -1.55. The number of nitrogens with zero attached hydrogens (tertiary/aromatic N) is 1. The van der Waals surface area contributed by atoms with Gasteiger partial charge in [-0.2, -0.15) is 0 Å². The van der Waals surface area contributed by atoms with Crippen LogP contribution in [0.1, 0.15) is 35.7 Å². The van der Waals surface area contributed by atoms with Crippen molar-refractivity contribution in [2.45, 2.75) is 26.7 Å². The molecular formula is C17H26N2O2. The molecule has 1 saturated heterocycles. The minimum atomic E-state index is 0.0983. The van der Waals surface area contributed by atoms with Crippen molar-refractivity contribution in [2.75, 3.05) is 38.7 Å². The number of hydrogen-bond donors (Lipinski definition) is 1. The van der Waals surface area contributed by atoms with Gasteiger partial charge >= 0.3 is 0 Å². The van der Waals surface area contributed by atoms with E-state index in [1.165, 1.54) is 0 Å². The molecule has 4 nitrogen and oxygen atoms in total. The number of amides is 1. The molecule has 1 aliphatic heterocycles. The van der Waals surface area contributed by atoms with Crippen molar-refractivity contribution in [2.24, 2.45) is 5.92 Å². The van der Waals surface area contributed by atoms with Gasteiger partial charge in [-0.1, -0.05) is 11.6 Å². The molecule has 0 spiro atoms. The molecule has 1 amide bonds. The van der Waals surface area contributed by atoms with E-state index in [0.717, 1.165) is 56.0 Å². The zero-order chi connectivity index (χ0) is 15.2. The van der Waals surface area contributed by atoms with E-state index in [4.69, 9.17) is 4.74 Å². The van der Waals surface area contributed by atoms with E-state index in [0.29, 0.717) is 5.92 Å². The highest BCUT2D eigenvalue weighted by Crippen LogP contribution is 2.21. The van der Waals surface area contributed by atoms with Crippen molar-refractivity contribution >= 4 is 11.6 Å². The molecule has 0 aromatic heterocycles. The smallest absolute Gasteiger partial charge is 0.255 e. The number of ether oxygens (including phenoxy) is 1. The van der Waals surface area contributed by atoms with Gasteiger partial charge < -0.3 is 15.0 Å². The Morgan fingerprint density at radius 2 is 2.10 bits per heavy atom. The molecule has 0 atom stereocenters. The molecule has 2 rings (SSSR count). The predicted octanol–water partition coefficient (Wildman–Crippen LogP) is 2.93. The Labute approximate surface area is 127 Å². The number of carbonyl (C=O) groups is 1. The molecule has 1 N–H and O–H groups in total. The molecule has 0 bridgehead atoms. The minimum Gasteiger partial charge on any atom is -0.385 e. The third-order valence-corrected chi connectivity index (χ3v) is 3.99. The maximum absolute atomic E-state index is 12.7. The van der Waals surface area contributed by atoms with Gasteiger partial charge in [-0.15, -0.1) is 0 Å². The number of rotatable bonds is 5. The van der Waals surface area contributed by atoms with Gasteiger partial charge in [0.25, 0.3) is 5.91 Å². The summed E-state index contributed by atoms with van der Waals surface area (Å²) in [5.74, 6) is 0.654. The largest absolute Gasteiger partial charge is 0.385 e. The summed E-state index contributed by atoms with van der Waals surface area (Å²) in [6.45, 7) is 7.32. The highest BCUT2D eigenvalue weighted by Gasteiger charge is 2.21. The SMILES string of the molecule is CCNc1ccc(C)cc1C(=O)N(C)CC1CCOCC1. The first-order valence-electron chi connectivity index (χ1n) is 7.79. The second-order valence-electron chi connectivity index (χ2n) is 5.82. The molecule has 1 heterocycles. The third kappa shape index (κ3) is 4.21. The maximum atomic E-state index is 12.7.